The first-order valence-electron chi connectivity index (χ1n) is 18.2. The number of piperidine rings is 2. The largest absolute Gasteiger partial charge is 0.366 e. The van der Waals surface area contributed by atoms with E-state index < -0.39 is 24.2 Å². The molecule has 0 spiro atoms. The average Bonchev–Trinajstić information content (AvgIpc) is 3.83. The van der Waals surface area contributed by atoms with E-state index >= 15 is 0 Å². The van der Waals surface area contributed by atoms with E-state index in [2.05, 4.69) is 15.3 Å². The Hall–Kier alpha value is -6.44. The molecular formula is C41H38F2N8O4. The lowest BCUT2D eigenvalue weighted by Gasteiger charge is -2.29. The topological polar surface area (TPSA) is 148 Å². The zero-order chi connectivity index (χ0) is 38.4. The number of pyridine rings is 2. The lowest BCUT2D eigenvalue weighted by Crippen LogP contribution is -2.39. The Balaban J connectivity index is 1.04. The summed E-state index contributed by atoms with van der Waals surface area (Å²) in [6.45, 7) is 3.31. The number of amides is 4. The minimum Gasteiger partial charge on any atom is -0.366 e. The van der Waals surface area contributed by atoms with E-state index in [1.165, 1.54) is 18.5 Å². The van der Waals surface area contributed by atoms with E-state index in [1.54, 1.807) is 67.7 Å². The van der Waals surface area contributed by atoms with Crippen molar-refractivity contribution in [1.29, 1.82) is 0 Å². The fraction of sp³-hybridized carbons (Fsp3) is 0.268. The maximum atomic E-state index is 13.7. The molecule has 4 amide bonds. The van der Waals surface area contributed by atoms with Gasteiger partial charge in [-0.2, -0.15) is 0 Å². The summed E-state index contributed by atoms with van der Waals surface area (Å²) >= 11 is 0. The highest BCUT2D eigenvalue weighted by atomic mass is 19.1. The van der Waals surface area contributed by atoms with Gasteiger partial charge in [0.2, 0.25) is 0 Å². The third kappa shape index (κ3) is 6.79. The summed E-state index contributed by atoms with van der Waals surface area (Å²) in [5, 5.41) is 4.34. The second-order valence-corrected chi connectivity index (χ2v) is 14.1. The average molecular weight is 745 g/mol. The molecule has 14 heteroatoms. The number of halogens is 2. The second kappa shape index (κ2) is 14.4. The molecule has 12 nitrogen and oxygen atoms in total. The number of fused-ring (bicyclic) bond motifs is 2. The van der Waals surface area contributed by atoms with Crippen molar-refractivity contribution in [3.63, 3.8) is 0 Å². The molecule has 2 aromatic carbocycles. The lowest BCUT2D eigenvalue weighted by molar-refractivity contribution is 0.0657. The molecule has 0 bridgehead atoms. The number of benzene rings is 2. The normalized spacial score (nSPS) is 15.5. The number of aryl methyl sites for hydroxylation is 1. The lowest BCUT2D eigenvalue weighted by atomic mass is 10.0. The van der Waals surface area contributed by atoms with Crippen molar-refractivity contribution >= 4 is 51.4 Å². The number of nitrogens with zero attached hydrogens (tertiary/aromatic N) is 6. The maximum Gasteiger partial charge on any atom is 0.255 e. The van der Waals surface area contributed by atoms with Gasteiger partial charge in [-0.05, 0) is 92.8 Å². The highest BCUT2D eigenvalue weighted by Gasteiger charge is 2.27. The number of carbonyl (C=O) groups is 4. The summed E-state index contributed by atoms with van der Waals surface area (Å²) in [6, 6.07) is 17.2. The van der Waals surface area contributed by atoms with Crippen LogP contribution in [0.5, 0.6) is 0 Å². The Morgan fingerprint density at radius 2 is 1.35 bits per heavy atom. The number of aromatic nitrogens is 4. The van der Waals surface area contributed by atoms with Crippen molar-refractivity contribution in [2.24, 2.45) is 5.73 Å². The Morgan fingerprint density at radius 3 is 2.05 bits per heavy atom. The fourth-order valence-electron chi connectivity index (χ4n) is 7.44. The quantitative estimate of drug-likeness (QED) is 0.200. The molecule has 0 saturated carbocycles. The van der Waals surface area contributed by atoms with Crippen LogP contribution in [0, 0.1) is 6.92 Å². The first kappa shape index (κ1) is 35.6. The van der Waals surface area contributed by atoms with E-state index in [0.29, 0.717) is 91.2 Å². The zero-order valence-corrected chi connectivity index (χ0v) is 30.0. The zero-order valence-electron chi connectivity index (χ0n) is 30.0. The van der Waals surface area contributed by atoms with Crippen LogP contribution in [0.1, 0.15) is 72.7 Å². The standard InChI is InChI=1S/C41H38F2N8O4/c1-24-32-12-18-51(38(32)46-23-34(24)41(55)49-15-10-29(43)11-16-49)31-5-6-33(36(44)52)35(21-31)47-39(53)26-3-2-4-30(20-26)50-17-7-25-19-27(22-45-37(25)50)40(54)48-13-8-28(42)9-14-48/h2-7,12,17-23,28-29H,8-11,13-16H2,1H3,(H2,44,52)(H,47,53). The number of alkyl halides is 2. The fourth-order valence-corrected chi connectivity index (χ4v) is 7.44. The van der Waals surface area contributed by atoms with Gasteiger partial charge in [-0.3, -0.25) is 19.2 Å². The number of hydrogen-bond acceptors (Lipinski definition) is 6. The van der Waals surface area contributed by atoms with Crippen molar-refractivity contribution in [3.05, 3.63) is 113 Å². The number of nitrogens with one attached hydrogen (secondary N) is 1. The number of carbonyl (C=O) groups excluding carboxylic acids is 4. The SMILES string of the molecule is Cc1c(C(=O)N2CCC(F)CC2)cnc2c1ccn2-c1ccc(C(N)=O)c(NC(=O)c2cccc(-n3ccc4cc(C(=O)N5CCC(F)CC5)cnc43)c2)c1. The van der Waals surface area contributed by atoms with Crippen LogP contribution in [-0.2, 0) is 0 Å². The summed E-state index contributed by atoms with van der Waals surface area (Å²) in [5.74, 6) is -1.57. The monoisotopic (exact) mass is 744 g/mol. The van der Waals surface area contributed by atoms with Crippen LogP contribution in [0.25, 0.3) is 33.4 Å². The molecule has 2 saturated heterocycles. The summed E-state index contributed by atoms with van der Waals surface area (Å²) in [7, 11) is 0. The van der Waals surface area contributed by atoms with Crippen LogP contribution >= 0.6 is 0 Å². The predicted octanol–water partition coefficient (Wildman–Crippen LogP) is 6.17. The summed E-state index contributed by atoms with van der Waals surface area (Å²) < 4.78 is 30.9. The van der Waals surface area contributed by atoms with Gasteiger partial charge in [-0.15, -0.1) is 0 Å². The summed E-state index contributed by atoms with van der Waals surface area (Å²) in [4.78, 5) is 65.1. The van der Waals surface area contributed by atoms with Gasteiger partial charge in [-0.1, -0.05) is 6.07 Å². The van der Waals surface area contributed by atoms with Crippen LogP contribution in [-0.4, -0.2) is 91.1 Å². The Kier molecular flexibility index (Phi) is 9.33. The molecule has 2 aliphatic heterocycles. The molecule has 280 valence electrons. The molecule has 6 heterocycles. The maximum absolute atomic E-state index is 13.7. The van der Waals surface area contributed by atoms with Crippen LogP contribution in [0.3, 0.4) is 0 Å². The van der Waals surface area contributed by atoms with Crippen molar-refractivity contribution in [1.82, 2.24) is 28.9 Å². The number of nitrogens with two attached hydrogens (primary N) is 1. The molecule has 0 unspecified atom stereocenters. The van der Waals surface area contributed by atoms with Crippen molar-refractivity contribution in [2.45, 2.75) is 45.0 Å². The second-order valence-electron chi connectivity index (χ2n) is 14.1. The third-order valence-corrected chi connectivity index (χ3v) is 10.6. The van der Waals surface area contributed by atoms with Crippen LogP contribution in [0.2, 0.25) is 0 Å². The van der Waals surface area contributed by atoms with E-state index in [0.717, 1.165) is 16.3 Å². The molecule has 0 aliphatic carbocycles. The van der Waals surface area contributed by atoms with Gasteiger partial charge in [0.15, 0.2) is 0 Å². The van der Waals surface area contributed by atoms with Gasteiger partial charge in [0.1, 0.15) is 23.6 Å². The van der Waals surface area contributed by atoms with Crippen molar-refractivity contribution in [2.75, 3.05) is 31.5 Å². The molecule has 0 radical (unpaired) electrons. The number of likely N-dealkylation sites (tertiary alicyclic amines) is 2. The van der Waals surface area contributed by atoms with E-state index in [-0.39, 0.29) is 23.1 Å². The number of rotatable bonds is 7. The van der Waals surface area contributed by atoms with Crippen LogP contribution in [0.15, 0.2) is 85.5 Å². The Morgan fingerprint density at radius 1 is 0.709 bits per heavy atom. The highest BCUT2D eigenvalue weighted by molar-refractivity contribution is 6.09. The third-order valence-electron chi connectivity index (χ3n) is 10.6. The molecule has 2 fully saturated rings. The first-order valence-corrected chi connectivity index (χ1v) is 18.2. The molecule has 55 heavy (non-hydrogen) atoms. The minimum absolute atomic E-state index is 0.110. The molecule has 8 rings (SSSR count). The highest BCUT2D eigenvalue weighted by Crippen LogP contribution is 2.29. The number of primary amides is 1. The Bertz CT molecular complexity index is 2500. The Labute approximate surface area is 314 Å². The van der Waals surface area contributed by atoms with E-state index in [9.17, 15) is 28.0 Å². The van der Waals surface area contributed by atoms with Gasteiger partial charge >= 0.3 is 0 Å². The molecule has 3 N–H and O–H groups in total. The van der Waals surface area contributed by atoms with Crippen molar-refractivity contribution < 1.29 is 28.0 Å². The summed E-state index contributed by atoms with van der Waals surface area (Å²) in [5.41, 5.74) is 10.4. The minimum atomic E-state index is -0.891. The number of anilines is 1. The molecule has 6 aromatic rings. The predicted molar refractivity (Wildman–Crippen MR) is 203 cm³/mol. The van der Waals surface area contributed by atoms with E-state index in [4.69, 9.17) is 5.73 Å². The molecule has 0 atom stereocenters. The molecular weight excluding hydrogens is 706 g/mol. The molecule has 4 aromatic heterocycles. The van der Waals surface area contributed by atoms with Gasteiger partial charge in [-0.25, -0.2) is 18.7 Å². The van der Waals surface area contributed by atoms with Gasteiger partial charge < -0.3 is 30.0 Å². The smallest absolute Gasteiger partial charge is 0.255 e. The number of hydrogen-bond donors (Lipinski definition) is 2. The van der Waals surface area contributed by atoms with Gasteiger partial charge in [0.25, 0.3) is 23.6 Å². The first-order chi connectivity index (χ1) is 26.5. The van der Waals surface area contributed by atoms with Crippen molar-refractivity contribution in [3.8, 4) is 11.4 Å². The van der Waals surface area contributed by atoms with E-state index in [1.807, 2.05) is 25.1 Å². The van der Waals surface area contributed by atoms with Gasteiger partial charge in [0.05, 0.1) is 22.4 Å². The van der Waals surface area contributed by atoms with Crippen LogP contribution < -0.4 is 11.1 Å². The molecule has 2 aliphatic rings. The summed E-state index contributed by atoms with van der Waals surface area (Å²) in [6.07, 6.45) is 6.17. The van der Waals surface area contributed by atoms with Crippen LogP contribution in [0.4, 0.5) is 14.5 Å². The van der Waals surface area contributed by atoms with Gasteiger partial charge in [0, 0.05) is 78.7 Å².